The predicted octanol–water partition coefficient (Wildman–Crippen LogP) is 6.59. The van der Waals surface area contributed by atoms with Crippen LogP contribution in [0.3, 0.4) is 0 Å². The largest absolute Gasteiger partial charge is 0.490 e. The second kappa shape index (κ2) is 12.6. The molecule has 1 amide bonds. The summed E-state index contributed by atoms with van der Waals surface area (Å²) in [4.78, 5) is 21.6. The lowest BCUT2D eigenvalue weighted by atomic mass is 10.0. The van der Waals surface area contributed by atoms with Crippen LogP contribution in [0.4, 0.5) is 10.6 Å². The third kappa shape index (κ3) is 7.46. The number of amides is 1. The van der Waals surface area contributed by atoms with E-state index in [0.29, 0.717) is 31.6 Å². The molecule has 6 rings (SSSR count). The Morgan fingerprint density at radius 1 is 1.00 bits per heavy atom. The van der Waals surface area contributed by atoms with E-state index in [1.807, 2.05) is 16.8 Å². The number of nitrogens with zero attached hydrogens (tertiary/aromatic N) is 3. The Balaban J connectivity index is 1.21. The molecule has 2 aliphatic carbocycles. The molecule has 9 nitrogen and oxygen atoms in total. The number of fused-ring (bicyclic) bond motifs is 2. The second-order valence-electron chi connectivity index (χ2n) is 12.3. The fourth-order valence-corrected chi connectivity index (χ4v) is 5.64. The zero-order chi connectivity index (χ0) is 29.8. The lowest BCUT2D eigenvalue weighted by Gasteiger charge is -2.19. The second-order valence-corrected chi connectivity index (χ2v) is 12.3. The smallest absolute Gasteiger partial charge is 0.407 e. The van der Waals surface area contributed by atoms with Crippen molar-refractivity contribution in [3.63, 3.8) is 0 Å². The monoisotopic (exact) mass is 583 g/mol. The molecule has 2 aliphatic rings. The van der Waals surface area contributed by atoms with Crippen LogP contribution in [-0.4, -0.2) is 56.6 Å². The van der Waals surface area contributed by atoms with Gasteiger partial charge in [-0.05, 0) is 93.3 Å². The van der Waals surface area contributed by atoms with Gasteiger partial charge in [0.2, 0.25) is 0 Å². The number of ether oxygens (including phenoxy) is 2. The Bertz CT molecular complexity index is 1620. The van der Waals surface area contributed by atoms with Gasteiger partial charge in [-0.15, -0.1) is 0 Å². The number of carbonyl (C=O) groups is 1. The molecule has 9 heteroatoms. The fourth-order valence-electron chi connectivity index (χ4n) is 5.64. The lowest BCUT2D eigenvalue weighted by Crippen LogP contribution is -2.32. The summed E-state index contributed by atoms with van der Waals surface area (Å²) in [6.07, 6.45) is 14.9. The first-order valence-corrected chi connectivity index (χ1v) is 15.4. The van der Waals surface area contributed by atoms with E-state index >= 15 is 0 Å². The van der Waals surface area contributed by atoms with Crippen molar-refractivity contribution in [1.29, 1.82) is 0 Å². The number of aliphatic hydroxyl groups is 1. The first-order chi connectivity index (χ1) is 20.8. The molecule has 1 fully saturated rings. The lowest BCUT2D eigenvalue weighted by molar-refractivity contribution is 0.0627. The third-order valence-corrected chi connectivity index (χ3v) is 7.84. The zero-order valence-electron chi connectivity index (χ0n) is 25.0. The Labute approximate surface area is 252 Å². The van der Waals surface area contributed by atoms with Crippen molar-refractivity contribution in [2.75, 3.05) is 18.4 Å². The van der Waals surface area contributed by atoms with Gasteiger partial charge < -0.3 is 29.8 Å². The van der Waals surface area contributed by atoms with Gasteiger partial charge in [0.15, 0.2) is 0 Å². The van der Waals surface area contributed by atoms with Crippen LogP contribution in [0.25, 0.3) is 32.9 Å². The van der Waals surface area contributed by atoms with Crippen LogP contribution in [0, 0.1) is 0 Å². The summed E-state index contributed by atoms with van der Waals surface area (Å²) < 4.78 is 13.6. The summed E-state index contributed by atoms with van der Waals surface area (Å²) >= 11 is 0. The molecule has 0 radical (unpaired) electrons. The van der Waals surface area contributed by atoms with Gasteiger partial charge in [0.1, 0.15) is 29.6 Å². The molecule has 2 aromatic carbocycles. The molecule has 2 heterocycles. The summed E-state index contributed by atoms with van der Waals surface area (Å²) in [5, 5.41) is 20.0. The molecule has 0 bridgehead atoms. The number of hydrogen-bond acceptors (Lipinski definition) is 7. The summed E-state index contributed by atoms with van der Waals surface area (Å²) in [6, 6.07) is 12.6. The Hall–Kier alpha value is -4.11. The highest BCUT2D eigenvalue weighted by molar-refractivity contribution is 6.03. The van der Waals surface area contributed by atoms with Crippen molar-refractivity contribution < 1.29 is 19.4 Å². The van der Waals surface area contributed by atoms with Gasteiger partial charge in [0, 0.05) is 24.8 Å². The normalized spacial score (nSPS) is 18.2. The van der Waals surface area contributed by atoms with Crippen LogP contribution in [0.1, 0.15) is 58.8 Å². The number of allylic oxidation sites excluding steroid dienone is 2. The van der Waals surface area contributed by atoms with Crippen LogP contribution in [-0.2, 0) is 11.3 Å². The number of alkyl carbamates (subject to hydrolysis) is 1. The minimum Gasteiger partial charge on any atom is -0.490 e. The van der Waals surface area contributed by atoms with E-state index in [1.165, 1.54) is 6.33 Å². The van der Waals surface area contributed by atoms with Crippen molar-refractivity contribution in [3.05, 3.63) is 61.1 Å². The van der Waals surface area contributed by atoms with Gasteiger partial charge >= 0.3 is 6.09 Å². The van der Waals surface area contributed by atoms with Crippen LogP contribution in [0.5, 0.6) is 5.75 Å². The van der Waals surface area contributed by atoms with E-state index in [-0.39, 0.29) is 12.2 Å². The summed E-state index contributed by atoms with van der Waals surface area (Å²) in [7, 11) is 0. The zero-order valence-corrected chi connectivity index (χ0v) is 25.0. The first-order valence-electron chi connectivity index (χ1n) is 15.4. The van der Waals surface area contributed by atoms with Crippen molar-refractivity contribution in [3.8, 4) is 16.9 Å². The van der Waals surface area contributed by atoms with Crippen LogP contribution in [0.2, 0.25) is 0 Å². The first kappa shape index (κ1) is 29.0. The van der Waals surface area contributed by atoms with Crippen molar-refractivity contribution in [1.82, 2.24) is 19.9 Å². The number of aromatic nitrogens is 3. The number of carbonyl (C=O) groups excluding carboxylic acids is 1. The number of rotatable bonds is 10. The molecule has 1 atom stereocenters. The molecule has 1 saturated carbocycles. The Kier molecular flexibility index (Phi) is 8.51. The van der Waals surface area contributed by atoms with Gasteiger partial charge in [-0.1, -0.05) is 30.4 Å². The number of benzene rings is 2. The molecule has 4 aromatic rings. The summed E-state index contributed by atoms with van der Waals surface area (Å²) in [6.45, 7) is 4.80. The molecule has 43 heavy (non-hydrogen) atoms. The molecule has 2 aromatic heterocycles. The predicted molar refractivity (Wildman–Crippen MR) is 169 cm³/mol. The van der Waals surface area contributed by atoms with Gasteiger partial charge in [0.25, 0.3) is 0 Å². The average molecular weight is 584 g/mol. The highest BCUT2D eigenvalue weighted by Crippen LogP contribution is 2.37. The van der Waals surface area contributed by atoms with Crippen LogP contribution < -0.4 is 15.4 Å². The highest BCUT2D eigenvalue weighted by atomic mass is 16.6. The minimum absolute atomic E-state index is 0.0447. The van der Waals surface area contributed by atoms with E-state index in [4.69, 9.17) is 9.47 Å². The van der Waals surface area contributed by atoms with Crippen molar-refractivity contribution in [2.45, 2.75) is 83.1 Å². The quantitative estimate of drug-likeness (QED) is 0.143. The molecular weight excluding hydrogens is 542 g/mol. The molecule has 0 spiro atoms. The molecule has 226 valence electrons. The maximum atomic E-state index is 12.5. The number of anilines is 1. The van der Waals surface area contributed by atoms with Crippen molar-refractivity contribution in [2.24, 2.45) is 0 Å². The summed E-state index contributed by atoms with van der Waals surface area (Å²) in [5.74, 6) is 1.58. The van der Waals surface area contributed by atoms with E-state index in [1.54, 1.807) is 13.8 Å². The highest BCUT2D eigenvalue weighted by Gasteiger charge is 2.24. The summed E-state index contributed by atoms with van der Waals surface area (Å²) in [5.41, 5.74) is 1.79. The SMILES string of the molecule is CC(C)(O)Cn1cc(-c2ccc3cc(OC4CC4)ccc3c2)c2c(NCCNC(=O)OC3CC/C=C\CCC3)ncnc21. The van der Waals surface area contributed by atoms with Crippen LogP contribution >= 0.6 is 0 Å². The van der Waals surface area contributed by atoms with E-state index in [2.05, 4.69) is 63.1 Å². The van der Waals surface area contributed by atoms with Gasteiger partial charge in [-0.3, -0.25) is 0 Å². The third-order valence-electron chi connectivity index (χ3n) is 7.84. The van der Waals surface area contributed by atoms with E-state index in [9.17, 15) is 9.90 Å². The van der Waals surface area contributed by atoms with E-state index < -0.39 is 5.60 Å². The molecule has 1 unspecified atom stereocenters. The minimum atomic E-state index is -0.930. The van der Waals surface area contributed by atoms with Gasteiger partial charge in [-0.2, -0.15) is 0 Å². The topological polar surface area (TPSA) is 111 Å². The maximum absolute atomic E-state index is 12.5. The van der Waals surface area contributed by atoms with Crippen LogP contribution in [0.15, 0.2) is 61.1 Å². The van der Waals surface area contributed by atoms with E-state index in [0.717, 1.165) is 83.6 Å². The molecule has 0 saturated heterocycles. The van der Waals surface area contributed by atoms with Gasteiger partial charge in [-0.25, -0.2) is 14.8 Å². The molecule has 0 aliphatic heterocycles. The number of hydrogen-bond donors (Lipinski definition) is 3. The Morgan fingerprint density at radius 3 is 2.65 bits per heavy atom. The average Bonchev–Trinajstić information content (AvgIpc) is 3.70. The fraction of sp³-hybridized carbons (Fsp3) is 0.441. The Morgan fingerprint density at radius 2 is 1.81 bits per heavy atom. The van der Waals surface area contributed by atoms with Crippen molar-refractivity contribution >= 4 is 33.7 Å². The molecular formula is C34H41N5O4. The standard InChI is InChI=1S/C34H41N5O4/c1-34(2,41)21-39-20-29(25-11-10-24-19-28(42-27-14-15-27)13-12-23(24)18-25)30-31(37-22-38-32(30)39)35-16-17-36-33(40)43-26-8-6-4-3-5-7-9-26/h3-4,10-13,18-20,22,26-27,41H,5-9,14-17,21H2,1-2H3,(H,36,40)(H,35,37,38)/b4-3-. The number of nitrogens with one attached hydrogen (secondary N) is 2. The van der Waals surface area contributed by atoms with Gasteiger partial charge in [0.05, 0.1) is 23.6 Å². The maximum Gasteiger partial charge on any atom is 0.407 e. The molecule has 3 N–H and O–H groups in total.